The van der Waals surface area contributed by atoms with E-state index in [0.29, 0.717) is 24.1 Å². The zero-order chi connectivity index (χ0) is 23.7. The van der Waals surface area contributed by atoms with Gasteiger partial charge in [0.25, 0.3) is 0 Å². The third-order valence-electron chi connectivity index (χ3n) is 6.92. The number of benzene rings is 3. The molecule has 1 aromatic heterocycles. The first kappa shape index (κ1) is 22.3. The van der Waals surface area contributed by atoms with Crippen molar-refractivity contribution in [1.29, 1.82) is 0 Å². The minimum atomic E-state index is -0.902. The van der Waals surface area contributed by atoms with Crippen LogP contribution in [0.1, 0.15) is 65.2 Å². The van der Waals surface area contributed by atoms with Gasteiger partial charge in [-0.1, -0.05) is 49.2 Å². The highest BCUT2D eigenvalue weighted by Crippen LogP contribution is 2.41. The summed E-state index contributed by atoms with van der Waals surface area (Å²) < 4.78 is 29.2. The van der Waals surface area contributed by atoms with E-state index in [2.05, 4.69) is 16.7 Å². The lowest BCUT2D eigenvalue weighted by Gasteiger charge is -2.18. The number of carbonyl (C=O) groups excluding carboxylic acids is 1. The molecule has 1 N–H and O–H groups in total. The third-order valence-corrected chi connectivity index (χ3v) is 6.92. The predicted molar refractivity (Wildman–Crippen MR) is 129 cm³/mol. The van der Waals surface area contributed by atoms with E-state index in [0.717, 1.165) is 60.0 Å². The van der Waals surface area contributed by atoms with Crippen LogP contribution in [0.4, 0.5) is 8.78 Å². The highest BCUT2D eigenvalue weighted by atomic mass is 19.2. The van der Waals surface area contributed by atoms with Gasteiger partial charge in [-0.3, -0.25) is 4.79 Å². The van der Waals surface area contributed by atoms with Gasteiger partial charge in [0.15, 0.2) is 17.4 Å². The van der Waals surface area contributed by atoms with Crippen LogP contribution < -0.4 is 0 Å². The second-order valence-electron chi connectivity index (χ2n) is 9.19. The van der Waals surface area contributed by atoms with Gasteiger partial charge in [0, 0.05) is 35.1 Å². The Labute approximate surface area is 197 Å². The standard InChI is InChI=1S/C29H27F2NO2/c30-24-13-10-19(16-25(24)31)11-15-27(34)28-23-17-22(33)12-14-26(23)32(18-20-6-2-1-3-7-20)29(28)21-8-4-5-9-21/h1-3,6-7,10,12-14,16-17,21,33H,4-5,8-9,11,15,18H2. The Hall–Kier alpha value is -3.47. The monoisotopic (exact) mass is 459 g/mol. The second-order valence-corrected chi connectivity index (χ2v) is 9.19. The van der Waals surface area contributed by atoms with Crippen LogP contribution in [0, 0.1) is 11.6 Å². The van der Waals surface area contributed by atoms with E-state index in [4.69, 9.17) is 0 Å². The first-order chi connectivity index (χ1) is 16.5. The minimum Gasteiger partial charge on any atom is -0.508 e. The van der Waals surface area contributed by atoms with Crippen molar-refractivity contribution in [1.82, 2.24) is 4.57 Å². The molecule has 1 aliphatic carbocycles. The number of aryl methyl sites for hydroxylation is 1. The predicted octanol–water partition coefficient (Wildman–Crippen LogP) is 7.15. The lowest BCUT2D eigenvalue weighted by atomic mass is 9.93. The Balaban J connectivity index is 1.58. The normalized spacial score (nSPS) is 14.2. The van der Waals surface area contributed by atoms with Crippen LogP contribution in [0.2, 0.25) is 0 Å². The third kappa shape index (κ3) is 4.35. The van der Waals surface area contributed by atoms with E-state index in [-0.39, 0.29) is 23.9 Å². The van der Waals surface area contributed by atoms with Gasteiger partial charge >= 0.3 is 0 Å². The maximum atomic E-state index is 13.7. The molecule has 174 valence electrons. The number of fused-ring (bicyclic) bond motifs is 1. The number of nitrogens with zero attached hydrogens (tertiary/aromatic N) is 1. The van der Waals surface area contributed by atoms with Crippen LogP contribution in [-0.2, 0) is 13.0 Å². The number of Topliss-reactive ketones (excluding diaryl/α,β-unsaturated/α-hetero) is 1. The number of aromatic nitrogens is 1. The summed E-state index contributed by atoms with van der Waals surface area (Å²) in [5, 5.41) is 11.0. The highest BCUT2D eigenvalue weighted by molar-refractivity contribution is 6.10. The Morgan fingerprint density at radius 2 is 1.68 bits per heavy atom. The van der Waals surface area contributed by atoms with Gasteiger partial charge in [0.1, 0.15) is 5.75 Å². The van der Waals surface area contributed by atoms with Crippen LogP contribution in [0.15, 0.2) is 66.7 Å². The van der Waals surface area contributed by atoms with E-state index in [1.54, 1.807) is 12.1 Å². The number of ketones is 1. The molecular formula is C29H27F2NO2. The van der Waals surface area contributed by atoms with Gasteiger partial charge in [-0.2, -0.15) is 0 Å². The van der Waals surface area contributed by atoms with Gasteiger partial charge in [0.05, 0.1) is 0 Å². The van der Waals surface area contributed by atoms with Crippen LogP contribution >= 0.6 is 0 Å². The molecule has 0 aliphatic heterocycles. The second kappa shape index (κ2) is 9.41. The molecule has 1 saturated carbocycles. The molecule has 0 amide bonds. The van der Waals surface area contributed by atoms with Gasteiger partial charge in [-0.05, 0) is 66.6 Å². The molecule has 5 rings (SSSR count). The highest BCUT2D eigenvalue weighted by Gasteiger charge is 2.30. The largest absolute Gasteiger partial charge is 0.508 e. The number of hydrogen-bond donors (Lipinski definition) is 1. The van der Waals surface area contributed by atoms with E-state index >= 15 is 0 Å². The van der Waals surface area contributed by atoms with Crippen molar-refractivity contribution in [2.75, 3.05) is 0 Å². The zero-order valence-corrected chi connectivity index (χ0v) is 18.9. The number of phenolic OH excluding ortho intramolecular Hbond substituents is 1. The molecule has 0 unspecified atom stereocenters. The maximum absolute atomic E-state index is 13.7. The summed E-state index contributed by atoms with van der Waals surface area (Å²) in [6, 6.07) is 19.2. The average molecular weight is 460 g/mol. The van der Waals surface area contributed by atoms with E-state index in [9.17, 15) is 18.7 Å². The van der Waals surface area contributed by atoms with E-state index in [1.807, 2.05) is 24.3 Å². The van der Waals surface area contributed by atoms with Crippen molar-refractivity contribution in [3.05, 3.63) is 101 Å². The van der Waals surface area contributed by atoms with Crippen LogP contribution in [0.25, 0.3) is 10.9 Å². The average Bonchev–Trinajstić information content (AvgIpc) is 3.47. The molecule has 0 saturated heterocycles. The van der Waals surface area contributed by atoms with Crippen molar-refractivity contribution < 1.29 is 18.7 Å². The summed E-state index contributed by atoms with van der Waals surface area (Å²) in [6.45, 7) is 0.643. The van der Waals surface area contributed by atoms with Crippen LogP contribution in [-0.4, -0.2) is 15.5 Å². The minimum absolute atomic E-state index is 0.0333. The van der Waals surface area contributed by atoms with Crippen LogP contribution in [0.3, 0.4) is 0 Å². The lowest BCUT2D eigenvalue weighted by molar-refractivity contribution is 0.0982. The zero-order valence-electron chi connectivity index (χ0n) is 18.9. The number of rotatable bonds is 7. The molecule has 0 atom stereocenters. The molecule has 0 spiro atoms. The summed E-state index contributed by atoms with van der Waals surface area (Å²) in [4.78, 5) is 13.7. The van der Waals surface area contributed by atoms with Crippen molar-refractivity contribution in [3.8, 4) is 5.75 Å². The molecule has 0 bridgehead atoms. The van der Waals surface area contributed by atoms with Crippen molar-refractivity contribution in [2.45, 2.75) is 51.0 Å². The molecule has 3 aromatic carbocycles. The first-order valence-electron chi connectivity index (χ1n) is 11.9. The summed E-state index contributed by atoms with van der Waals surface area (Å²) in [7, 11) is 0. The fourth-order valence-corrected chi connectivity index (χ4v) is 5.29. The molecule has 34 heavy (non-hydrogen) atoms. The summed E-state index contributed by atoms with van der Waals surface area (Å²) in [5.74, 6) is -1.43. The molecular weight excluding hydrogens is 432 g/mol. The maximum Gasteiger partial charge on any atom is 0.165 e. The van der Waals surface area contributed by atoms with Crippen molar-refractivity contribution in [2.24, 2.45) is 0 Å². The number of halogens is 2. The number of phenols is 1. The van der Waals surface area contributed by atoms with Crippen LogP contribution in [0.5, 0.6) is 5.75 Å². The molecule has 1 fully saturated rings. The molecule has 1 aliphatic rings. The van der Waals surface area contributed by atoms with Gasteiger partial charge in [-0.15, -0.1) is 0 Å². The summed E-state index contributed by atoms with van der Waals surface area (Å²) in [6.07, 6.45) is 4.83. The van der Waals surface area contributed by atoms with Crippen molar-refractivity contribution >= 4 is 16.7 Å². The smallest absolute Gasteiger partial charge is 0.165 e. The number of hydrogen-bond acceptors (Lipinski definition) is 2. The number of aromatic hydroxyl groups is 1. The van der Waals surface area contributed by atoms with Gasteiger partial charge in [-0.25, -0.2) is 8.78 Å². The van der Waals surface area contributed by atoms with Gasteiger partial charge < -0.3 is 9.67 Å². The van der Waals surface area contributed by atoms with Crippen molar-refractivity contribution in [3.63, 3.8) is 0 Å². The topological polar surface area (TPSA) is 42.2 Å². The van der Waals surface area contributed by atoms with E-state index in [1.165, 1.54) is 6.07 Å². The molecule has 4 aromatic rings. The quantitative estimate of drug-likeness (QED) is 0.298. The molecule has 5 heteroatoms. The summed E-state index contributed by atoms with van der Waals surface area (Å²) >= 11 is 0. The van der Waals surface area contributed by atoms with Gasteiger partial charge in [0.2, 0.25) is 0 Å². The molecule has 3 nitrogen and oxygen atoms in total. The summed E-state index contributed by atoms with van der Waals surface area (Å²) in [5.41, 5.74) is 4.37. The Bertz CT molecular complexity index is 1340. The Morgan fingerprint density at radius 1 is 0.912 bits per heavy atom. The Morgan fingerprint density at radius 3 is 2.41 bits per heavy atom. The SMILES string of the molecule is O=C(CCc1ccc(F)c(F)c1)c1c(C2CCCC2)n(Cc2ccccc2)c2ccc(O)cc12. The Kier molecular flexibility index (Phi) is 6.18. The molecule has 0 radical (unpaired) electrons. The number of carbonyl (C=O) groups is 1. The first-order valence-corrected chi connectivity index (χ1v) is 11.9. The van der Waals surface area contributed by atoms with E-state index < -0.39 is 11.6 Å². The lowest BCUT2D eigenvalue weighted by Crippen LogP contribution is -2.12. The fraction of sp³-hybridized carbons (Fsp3) is 0.276. The molecule has 1 heterocycles. The fourth-order valence-electron chi connectivity index (χ4n) is 5.29.